The van der Waals surface area contributed by atoms with E-state index < -0.39 is 31.0 Å². The molecule has 1 aliphatic rings. The second-order valence-corrected chi connectivity index (χ2v) is 12.2. The van der Waals surface area contributed by atoms with Crippen molar-refractivity contribution in [2.75, 3.05) is 24.2 Å². The minimum atomic E-state index is -3.60. The van der Waals surface area contributed by atoms with Crippen molar-refractivity contribution in [1.82, 2.24) is 4.31 Å². The van der Waals surface area contributed by atoms with Crippen LogP contribution < -0.4 is 5.32 Å². The molecule has 1 heterocycles. The Kier molecular flexibility index (Phi) is 7.27. The van der Waals surface area contributed by atoms with Crippen LogP contribution in [0.2, 0.25) is 0 Å². The minimum Gasteiger partial charge on any atom is -0.325 e. The fourth-order valence-corrected chi connectivity index (χ4v) is 6.52. The first-order valence-electron chi connectivity index (χ1n) is 9.60. The highest BCUT2D eigenvalue weighted by molar-refractivity contribution is 7.92. The second-order valence-electron chi connectivity index (χ2n) is 7.79. The molecule has 0 spiro atoms. The zero-order valence-corrected chi connectivity index (χ0v) is 18.5. The number of carbonyl (C=O) groups is 1. The lowest BCUT2D eigenvalue weighted by Crippen LogP contribution is -2.42. The Morgan fingerprint density at radius 3 is 2.14 bits per heavy atom. The number of nitrogens with zero attached hydrogens (tertiary/aromatic N) is 1. The van der Waals surface area contributed by atoms with Crippen molar-refractivity contribution in [1.29, 1.82) is 0 Å². The molecule has 28 heavy (non-hydrogen) atoms. The van der Waals surface area contributed by atoms with Crippen LogP contribution in [0.25, 0.3) is 0 Å². The van der Waals surface area contributed by atoms with Gasteiger partial charge in [-0.3, -0.25) is 4.79 Å². The lowest BCUT2D eigenvalue weighted by molar-refractivity contribution is -0.115. The van der Waals surface area contributed by atoms with Crippen molar-refractivity contribution in [3.63, 3.8) is 0 Å². The third-order valence-electron chi connectivity index (χ3n) is 4.99. The molecular weight excluding hydrogens is 400 g/mol. The summed E-state index contributed by atoms with van der Waals surface area (Å²) in [5.74, 6) is -0.0548. The molecule has 0 aliphatic carbocycles. The Balaban J connectivity index is 2.12. The summed E-state index contributed by atoms with van der Waals surface area (Å²) in [6, 6.07) is 5.86. The first kappa shape index (κ1) is 22.8. The van der Waals surface area contributed by atoms with Gasteiger partial charge in [-0.2, -0.15) is 4.31 Å². The van der Waals surface area contributed by atoms with E-state index in [0.29, 0.717) is 37.0 Å². The number of anilines is 1. The standard InChI is InChI=1S/C19H30N2O5S2/c1-5-10-27(23,24)16(4)19(22)20-17-6-8-18(9-7-17)28(25,26)21-12-14(2)11-15(3)13-21/h6-9,14-16H,5,10-13H2,1-4H3,(H,20,22). The first-order valence-corrected chi connectivity index (χ1v) is 12.8. The Morgan fingerprint density at radius 2 is 1.64 bits per heavy atom. The predicted octanol–water partition coefficient (Wildman–Crippen LogP) is 2.51. The van der Waals surface area contributed by atoms with Crippen LogP contribution in [0.5, 0.6) is 0 Å². The largest absolute Gasteiger partial charge is 0.325 e. The molecule has 1 aromatic carbocycles. The van der Waals surface area contributed by atoms with E-state index in [1.807, 2.05) is 13.8 Å². The van der Waals surface area contributed by atoms with Gasteiger partial charge in [0.2, 0.25) is 15.9 Å². The maximum absolute atomic E-state index is 12.9. The summed E-state index contributed by atoms with van der Waals surface area (Å²) in [7, 11) is -7.10. The molecule has 1 saturated heterocycles. The number of amides is 1. The molecule has 7 nitrogen and oxygen atoms in total. The van der Waals surface area contributed by atoms with Gasteiger partial charge in [-0.15, -0.1) is 0 Å². The molecule has 0 saturated carbocycles. The Labute approximate surface area is 168 Å². The minimum absolute atomic E-state index is 0.0502. The molecular formula is C19H30N2O5S2. The molecule has 1 aliphatic heterocycles. The normalized spacial score (nSPS) is 22.6. The molecule has 1 aromatic rings. The van der Waals surface area contributed by atoms with Crippen molar-refractivity contribution < 1.29 is 21.6 Å². The van der Waals surface area contributed by atoms with Crippen LogP contribution in [0.4, 0.5) is 5.69 Å². The van der Waals surface area contributed by atoms with Crippen molar-refractivity contribution in [2.45, 2.75) is 50.7 Å². The number of hydrogen-bond acceptors (Lipinski definition) is 5. The monoisotopic (exact) mass is 430 g/mol. The Morgan fingerprint density at radius 1 is 1.11 bits per heavy atom. The number of sulfonamides is 1. The quantitative estimate of drug-likeness (QED) is 0.716. The van der Waals surface area contributed by atoms with Crippen LogP contribution in [0.15, 0.2) is 29.2 Å². The number of carbonyl (C=O) groups excluding carboxylic acids is 1. The van der Waals surface area contributed by atoms with E-state index in [-0.39, 0.29) is 10.6 Å². The number of sulfone groups is 1. The molecule has 3 unspecified atom stereocenters. The van der Waals surface area contributed by atoms with Crippen molar-refractivity contribution in [3.05, 3.63) is 24.3 Å². The molecule has 158 valence electrons. The van der Waals surface area contributed by atoms with Gasteiger partial charge in [0.25, 0.3) is 0 Å². The van der Waals surface area contributed by atoms with Gasteiger partial charge in [0.1, 0.15) is 5.25 Å². The zero-order chi connectivity index (χ0) is 21.1. The van der Waals surface area contributed by atoms with Gasteiger partial charge in [0.05, 0.1) is 10.6 Å². The summed E-state index contributed by atoms with van der Waals surface area (Å²) in [5.41, 5.74) is 0.364. The first-order chi connectivity index (χ1) is 13.0. The Bertz CT molecular complexity index is 885. The van der Waals surface area contributed by atoms with Gasteiger partial charge >= 0.3 is 0 Å². The summed E-state index contributed by atoms with van der Waals surface area (Å²) in [6.07, 6.45) is 1.45. The summed E-state index contributed by atoms with van der Waals surface area (Å²) in [4.78, 5) is 12.4. The van der Waals surface area contributed by atoms with Crippen LogP contribution in [0, 0.1) is 11.8 Å². The zero-order valence-electron chi connectivity index (χ0n) is 16.9. The predicted molar refractivity (Wildman–Crippen MR) is 110 cm³/mol. The summed E-state index contributed by atoms with van der Waals surface area (Å²) in [6.45, 7) is 8.19. The lowest BCUT2D eigenvalue weighted by Gasteiger charge is -2.34. The topological polar surface area (TPSA) is 101 Å². The summed E-state index contributed by atoms with van der Waals surface area (Å²) >= 11 is 0. The number of rotatable bonds is 7. The number of nitrogens with one attached hydrogen (secondary N) is 1. The summed E-state index contributed by atoms with van der Waals surface area (Å²) in [5, 5.41) is 1.39. The third kappa shape index (κ3) is 5.33. The van der Waals surface area contributed by atoms with Gasteiger partial charge in [-0.05, 0) is 55.9 Å². The smallest absolute Gasteiger partial charge is 0.243 e. The molecule has 1 fully saturated rings. The fraction of sp³-hybridized carbons (Fsp3) is 0.632. The van der Waals surface area contributed by atoms with Gasteiger partial charge in [0, 0.05) is 18.8 Å². The van der Waals surface area contributed by atoms with Crippen LogP contribution in [0.3, 0.4) is 0 Å². The van der Waals surface area contributed by atoms with Crippen molar-refractivity contribution in [2.24, 2.45) is 11.8 Å². The number of hydrogen-bond donors (Lipinski definition) is 1. The molecule has 0 radical (unpaired) electrons. The van der Waals surface area contributed by atoms with Crippen LogP contribution in [-0.2, 0) is 24.7 Å². The van der Waals surface area contributed by atoms with Crippen LogP contribution in [0.1, 0.15) is 40.5 Å². The van der Waals surface area contributed by atoms with Crippen LogP contribution in [-0.4, -0.2) is 51.1 Å². The third-order valence-corrected chi connectivity index (χ3v) is 9.11. The second kappa shape index (κ2) is 8.92. The van der Waals surface area contributed by atoms with Crippen molar-refractivity contribution >= 4 is 31.5 Å². The maximum Gasteiger partial charge on any atom is 0.243 e. The average molecular weight is 431 g/mol. The highest BCUT2D eigenvalue weighted by atomic mass is 32.2. The highest BCUT2D eigenvalue weighted by Crippen LogP contribution is 2.27. The van der Waals surface area contributed by atoms with E-state index in [0.717, 1.165) is 6.42 Å². The molecule has 1 N–H and O–H groups in total. The van der Waals surface area contributed by atoms with Crippen LogP contribution >= 0.6 is 0 Å². The van der Waals surface area contributed by atoms with E-state index in [2.05, 4.69) is 5.32 Å². The van der Waals surface area contributed by atoms with Crippen molar-refractivity contribution in [3.8, 4) is 0 Å². The SMILES string of the molecule is CCCS(=O)(=O)C(C)C(=O)Nc1ccc(S(=O)(=O)N2CC(C)CC(C)C2)cc1. The molecule has 9 heteroatoms. The van der Waals surface area contributed by atoms with Gasteiger partial charge in [-0.25, -0.2) is 16.8 Å². The lowest BCUT2D eigenvalue weighted by atomic mass is 9.94. The maximum atomic E-state index is 12.9. The molecule has 2 rings (SSSR count). The molecule has 0 aromatic heterocycles. The van der Waals surface area contributed by atoms with E-state index >= 15 is 0 Å². The Hall–Kier alpha value is -1.45. The summed E-state index contributed by atoms with van der Waals surface area (Å²) < 4.78 is 51.3. The average Bonchev–Trinajstić information content (AvgIpc) is 2.60. The molecule has 1 amide bonds. The van der Waals surface area contributed by atoms with Gasteiger partial charge in [0.15, 0.2) is 9.84 Å². The van der Waals surface area contributed by atoms with Gasteiger partial charge < -0.3 is 5.32 Å². The van der Waals surface area contributed by atoms with E-state index in [1.165, 1.54) is 35.5 Å². The number of benzene rings is 1. The fourth-order valence-electron chi connectivity index (χ4n) is 3.53. The van der Waals surface area contributed by atoms with Gasteiger partial charge in [-0.1, -0.05) is 20.8 Å². The van der Waals surface area contributed by atoms with E-state index in [9.17, 15) is 21.6 Å². The molecule has 0 bridgehead atoms. The van der Waals surface area contributed by atoms with E-state index in [1.54, 1.807) is 6.92 Å². The number of piperidine rings is 1. The highest BCUT2D eigenvalue weighted by Gasteiger charge is 2.32. The molecule has 3 atom stereocenters. The van der Waals surface area contributed by atoms with E-state index in [4.69, 9.17) is 0 Å².